The van der Waals surface area contributed by atoms with Crippen molar-refractivity contribution < 1.29 is 26.5 Å². The first-order valence-corrected chi connectivity index (χ1v) is 13.2. The molecule has 0 N–H and O–H groups in total. The molecule has 4 aromatic rings. The van der Waals surface area contributed by atoms with Crippen LogP contribution in [0.25, 0.3) is 0 Å². The molecule has 0 saturated heterocycles. The van der Waals surface area contributed by atoms with Gasteiger partial charge in [0.2, 0.25) is 0 Å². The van der Waals surface area contributed by atoms with Crippen LogP contribution in [0.5, 0.6) is 11.5 Å². The Morgan fingerprint density at radius 2 is 1.00 bits per heavy atom. The van der Waals surface area contributed by atoms with Crippen molar-refractivity contribution in [3.8, 4) is 11.5 Å². The van der Waals surface area contributed by atoms with E-state index >= 15 is 0 Å². The lowest BCUT2D eigenvalue weighted by Crippen LogP contribution is -3.00. The van der Waals surface area contributed by atoms with Gasteiger partial charge in [0.05, 0.1) is 20.4 Å². The molecule has 32 heavy (non-hydrogen) atoms. The second kappa shape index (κ2) is 11.3. The van der Waals surface area contributed by atoms with E-state index in [9.17, 15) is 0 Å². The minimum Gasteiger partial charge on any atom is -1.00 e. The Kier molecular flexibility index (Phi) is 8.75. The maximum atomic E-state index is 5.65. The molecule has 0 saturated carbocycles. The van der Waals surface area contributed by atoms with E-state index in [4.69, 9.17) is 9.47 Å². The zero-order chi connectivity index (χ0) is 21.7. The van der Waals surface area contributed by atoms with Gasteiger partial charge in [-0.2, -0.15) is 0 Å². The van der Waals surface area contributed by atoms with E-state index in [0.717, 1.165) is 17.7 Å². The van der Waals surface area contributed by atoms with Crippen molar-refractivity contribution in [1.29, 1.82) is 0 Å². The summed E-state index contributed by atoms with van der Waals surface area (Å²) in [5, 5.41) is 4.12. The normalized spacial score (nSPS) is 10.8. The van der Waals surface area contributed by atoms with Crippen LogP contribution in [0.1, 0.15) is 5.56 Å². The van der Waals surface area contributed by atoms with E-state index < -0.39 is 7.26 Å². The number of benzene rings is 4. The molecule has 0 atom stereocenters. The second-order valence-corrected chi connectivity index (χ2v) is 11.9. The predicted molar refractivity (Wildman–Crippen MR) is 141 cm³/mol. The summed E-state index contributed by atoms with van der Waals surface area (Å²) in [7, 11) is 1.42. The van der Waals surface area contributed by atoms with Gasteiger partial charge in [0.15, 0.2) is 11.5 Å². The summed E-state index contributed by atoms with van der Waals surface area (Å²) in [4.78, 5) is 0. The van der Waals surface area contributed by atoms with Gasteiger partial charge in [0, 0.05) is 9.13 Å². The fraction of sp³-hybridized carbons (Fsp3) is 0.111. The van der Waals surface area contributed by atoms with Crippen molar-refractivity contribution in [1.82, 2.24) is 0 Å². The number of halogens is 2. The van der Waals surface area contributed by atoms with Gasteiger partial charge >= 0.3 is 0 Å². The molecule has 0 radical (unpaired) electrons. The van der Waals surface area contributed by atoms with Crippen LogP contribution in [-0.4, -0.2) is 14.2 Å². The molecule has 0 heterocycles. The van der Waals surface area contributed by atoms with Crippen LogP contribution >= 0.6 is 29.9 Å². The summed E-state index contributed by atoms with van der Waals surface area (Å²) in [5.74, 6) is 1.53. The number of hydrogen-bond acceptors (Lipinski definition) is 2. The first-order valence-electron chi connectivity index (χ1n) is 10.1. The first kappa shape index (κ1) is 24.8. The Morgan fingerprint density at radius 3 is 1.38 bits per heavy atom. The summed E-state index contributed by atoms with van der Waals surface area (Å²) in [6.45, 7) is 0. The number of methoxy groups -OCH3 is 2. The Hall–Kier alpha value is -1.88. The molecule has 0 unspecified atom stereocenters. The van der Waals surface area contributed by atoms with Crippen molar-refractivity contribution in [3.63, 3.8) is 0 Å². The summed E-state index contributed by atoms with van der Waals surface area (Å²) >= 11 is 2.42. The fourth-order valence-corrected chi connectivity index (χ4v) is 9.23. The molecule has 0 fully saturated rings. The largest absolute Gasteiger partial charge is 1.00 e. The van der Waals surface area contributed by atoms with Crippen molar-refractivity contribution in [3.05, 3.63) is 112 Å². The molecule has 0 aliphatic carbocycles. The minimum absolute atomic E-state index is 0. The van der Waals surface area contributed by atoms with Gasteiger partial charge in [0.1, 0.15) is 23.2 Å². The smallest absolute Gasteiger partial charge is 0.161 e. The van der Waals surface area contributed by atoms with E-state index in [2.05, 4.69) is 126 Å². The van der Waals surface area contributed by atoms with E-state index in [-0.39, 0.29) is 17.0 Å². The number of ether oxygens (including phenoxy) is 2. The molecule has 2 nitrogen and oxygen atoms in total. The molecule has 0 spiro atoms. The Balaban J connectivity index is 0.00000289. The van der Waals surface area contributed by atoms with Gasteiger partial charge < -0.3 is 26.5 Å². The topological polar surface area (TPSA) is 18.5 Å². The average Bonchev–Trinajstić information content (AvgIpc) is 2.84. The fourth-order valence-electron chi connectivity index (χ4n) is 4.04. The lowest BCUT2D eigenvalue weighted by Gasteiger charge is -2.28. The van der Waals surface area contributed by atoms with Crippen molar-refractivity contribution in [2.45, 2.75) is 6.16 Å². The summed E-state index contributed by atoms with van der Waals surface area (Å²) < 4.78 is 12.4. The van der Waals surface area contributed by atoms with Crippen LogP contribution in [0.15, 0.2) is 103 Å². The minimum atomic E-state index is -1.96. The SMILES string of the molecule is COc1cc(I)c(C[P+](c2ccccc2)(c2ccccc2)c2ccccc2)cc1OC.[Br-]. The standard InChI is InChI=1S/C27H25IO2P.BrH/c1-29-26-18-21(25(28)19-27(26)30-2)20-31(22-12-6-3-7-13-22,23-14-8-4-9-15-23)24-16-10-5-11-17-24;/h3-19H,20H2,1-2H3;1H/q+1;/p-1. The van der Waals surface area contributed by atoms with Gasteiger partial charge in [-0.15, -0.1) is 0 Å². The maximum Gasteiger partial charge on any atom is 0.161 e. The molecular formula is C27H25BrIO2P. The molecular weight excluding hydrogens is 594 g/mol. The zero-order valence-electron chi connectivity index (χ0n) is 18.0. The van der Waals surface area contributed by atoms with E-state index in [1.54, 1.807) is 14.2 Å². The van der Waals surface area contributed by atoms with Crippen LogP contribution < -0.4 is 42.4 Å². The summed E-state index contributed by atoms with van der Waals surface area (Å²) in [5.41, 5.74) is 1.27. The van der Waals surface area contributed by atoms with Crippen LogP contribution in [0.3, 0.4) is 0 Å². The van der Waals surface area contributed by atoms with Gasteiger partial charge in [-0.05, 0) is 71.1 Å². The summed E-state index contributed by atoms with van der Waals surface area (Å²) in [6, 6.07) is 37.1. The van der Waals surface area contributed by atoms with Crippen molar-refractivity contribution in [2.24, 2.45) is 0 Å². The second-order valence-electron chi connectivity index (χ2n) is 7.27. The average molecular weight is 619 g/mol. The van der Waals surface area contributed by atoms with Crippen molar-refractivity contribution >= 4 is 45.8 Å². The maximum absolute atomic E-state index is 5.65. The third-order valence-electron chi connectivity index (χ3n) is 5.55. The molecule has 0 aliphatic rings. The van der Waals surface area contributed by atoms with Crippen LogP contribution in [0, 0.1) is 3.57 Å². The number of hydrogen-bond donors (Lipinski definition) is 0. The molecule has 0 amide bonds. The van der Waals surface area contributed by atoms with Gasteiger partial charge in [-0.3, -0.25) is 0 Å². The van der Waals surface area contributed by atoms with Crippen LogP contribution in [-0.2, 0) is 6.16 Å². The molecule has 4 rings (SSSR count). The third kappa shape index (κ3) is 4.88. The highest BCUT2D eigenvalue weighted by atomic mass is 127. The van der Waals surface area contributed by atoms with E-state index in [0.29, 0.717) is 0 Å². The lowest BCUT2D eigenvalue weighted by atomic mass is 10.2. The highest BCUT2D eigenvalue weighted by Gasteiger charge is 2.45. The molecule has 0 aliphatic heterocycles. The third-order valence-corrected chi connectivity index (χ3v) is 10.9. The number of rotatable bonds is 7. The molecule has 164 valence electrons. The van der Waals surface area contributed by atoms with E-state index in [1.165, 1.54) is 25.0 Å². The Bertz CT molecular complexity index is 1040. The zero-order valence-corrected chi connectivity index (χ0v) is 22.7. The highest BCUT2D eigenvalue weighted by molar-refractivity contribution is 14.1. The quantitative estimate of drug-likeness (QED) is 0.234. The van der Waals surface area contributed by atoms with Crippen LogP contribution in [0.2, 0.25) is 0 Å². The Morgan fingerprint density at radius 1 is 0.625 bits per heavy atom. The molecule has 5 heteroatoms. The first-order chi connectivity index (χ1) is 15.2. The Labute approximate surface area is 215 Å². The van der Waals surface area contributed by atoms with Gasteiger partial charge in [-0.1, -0.05) is 54.6 Å². The monoisotopic (exact) mass is 618 g/mol. The molecule has 0 bridgehead atoms. The highest BCUT2D eigenvalue weighted by Crippen LogP contribution is 2.58. The molecule has 4 aromatic carbocycles. The summed E-state index contributed by atoms with van der Waals surface area (Å²) in [6.07, 6.45) is 0.906. The van der Waals surface area contributed by atoms with Crippen molar-refractivity contribution in [2.75, 3.05) is 14.2 Å². The van der Waals surface area contributed by atoms with E-state index in [1.807, 2.05) is 0 Å². The van der Waals surface area contributed by atoms with Gasteiger partial charge in [0.25, 0.3) is 0 Å². The molecule has 0 aromatic heterocycles. The van der Waals surface area contributed by atoms with Crippen LogP contribution in [0.4, 0.5) is 0 Å². The van der Waals surface area contributed by atoms with Gasteiger partial charge in [-0.25, -0.2) is 0 Å². The predicted octanol–water partition coefficient (Wildman–Crippen LogP) is 2.81. The lowest BCUT2D eigenvalue weighted by molar-refractivity contribution is -0.00000647.